The fourth-order valence-corrected chi connectivity index (χ4v) is 6.77. The Balaban J connectivity index is 0.00000129. The van der Waals surface area contributed by atoms with E-state index in [1.807, 2.05) is 67.8 Å². The van der Waals surface area contributed by atoms with E-state index in [1.54, 1.807) is 60.8 Å². The van der Waals surface area contributed by atoms with Crippen LogP contribution >= 0.6 is 0 Å². The number of esters is 1. The highest BCUT2D eigenvalue weighted by Crippen LogP contribution is 2.41. The second-order valence-electron chi connectivity index (χ2n) is 16.2. The third kappa shape index (κ3) is 16.4. The molecule has 0 radical (unpaired) electrons. The summed E-state index contributed by atoms with van der Waals surface area (Å²) in [4.78, 5) is 63.5. The van der Waals surface area contributed by atoms with Crippen LogP contribution in [0.1, 0.15) is 55.6 Å². The molecule has 6 N–H and O–H groups in total. The lowest BCUT2D eigenvalue weighted by atomic mass is 9.82. The minimum Gasteiger partial charge on any atom is -0.475 e. The van der Waals surface area contributed by atoms with Gasteiger partial charge in [0.1, 0.15) is 37.5 Å². The summed E-state index contributed by atoms with van der Waals surface area (Å²) in [6.07, 6.45) is -4.33. The number of carbonyl (C=O) groups excluding carboxylic acids is 4. The largest absolute Gasteiger partial charge is 0.490 e. The molecule has 1 aromatic heterocycles. The van der Waals surface area contributed by atoms with Crippen LogP contribution in [0.5, 0.6) is 0 Å². The van der Waals surface area contributed by atoms with Gasteiger partial charge in [0.05, 0.1) is 18.6 Å². The number of nitrogens with one attached hydrogen (secondary N) is 2. The molecule has 0 fully saturated rings. The number of rotatable bonds is 18. The zero-order valence-electron chi connectivity index (χ0n) is 36.8. The maximum atomic E-state index is 15.2. The van der Waals surface area contributed by atoms with E-state index in [9.17, 15) is 41.8 Å². The maximum Gasteiger partial charge on any atom is 0.490 e. The Morgan fingerprint density at radius 1 is 0.791 bits per heavy atom. The molecule has 0 unspecified atom stereocenters. The number of carboxylic acids is 1. The molecule has 3 atom stereocenters. The molecule has 5 aromatic rings. The van der Waals surface area contributed by atoms with Gasteiger partial charge in [0.25, 0.3) is 0 Å². The van der Waals surface area contributed by atoms with Crippen LogP contribution in [0.2, 0.25) is 0 Å². The molecule has 0 bridgehead atoms. The van der Waals surface area contributed by atoms with Crippen LogP contribution in [0.3, 0.4) is 0 Å². The number of aliphatic hydroxyl groups is 1. The van der Waals surface area contributed by atoms with Crippen LogP contribution in [0.15, 0.2) is 121 Å². The average Bonchev–Trinajstić information content (AvgIpc) is 3.70. The van der Waals surface area contributed by atoms with Crippen molar-refractivity contribution in [3.63, 3.8) is 0 Å². The number of nitrogens with zero attached hydrogens (tertiary/aromatic N) is 2. The highest BCUT2D eigenvalue weighted by atomic mass is 19.4. The Kier molecular flexibility index (Phi) is 19.1. The number of hydrogen-bond donors (Lipinski definition) is 5. The number of halogens is 5. The van der Waals surface area contributed by atoms with Gasteiger partial charge in [0.15, 0.2) is 0 Å². The van der Waals surface area contributed by atoms with Gasteiger partial charge in [-0.3, -0.25) is 9.59 Å². The Morgan fingerprint density at radius 3 is 1.85 bits per heavy atom. The van der Waals surface area contributed by atoms with Gasteiger partial charge in [-0.1, -0.05) is 112 Å². The average molecular weight is 938 g/mol. The van der Waals surface area contributed by atoms with E-state index in [2.05, 4.69) is 10.6 Å². The fraction of sp³-hybridized carbons (Fsp3) is 0.312. The van der Waals surface area contributed by atoms with E-state index in [4.69, 9.17) is 25.1 Å². The highest BCUT2D eigenvalue weighted by molar-refractivity contribution is 5.88. The number of alkyl halides is 3. The molecule has 0 aliphatic rings. The molecule has 19 heteroatoms. The van der Waals surface area contributed by atoms with Gasteiger partial charge in [-0.25, -0.2) is 23.2 Å². The van der Waals surface area contributed by atoms with E-state index in [-0.39, 0.29) is 38.3 Å². The van der Waals surface area contributed by atoms with Crippen LogP contribution in [-0.2, 0) is 48.4 Å². The summed E-state index contributed by atoms with van der Waals surface area (Å²) < 4.78 is 73.9. The van der Waals surface area contributed by atoms with Gasteiger partial charge in [-0.05, 0) is 52.8 Å². The van der Waals surface area contributed by atoms with E-state index in [1.165, 1.54) is 4.90 Å². The van der Waals surface area contributed by atoms with Crippen LogP contribution < -0.4 is 16.4 Å². The summed E-state index contributed by atoms with van der Waals surface area (Å²) in [7, 11) is 0. The van der Waals surface area contributed by atoms with Crippen LogP contribution in [-0.4, -0.2) is 87.5 Å². The van der Waals surface area contributed by atoms with Crippen molar-refractivity contribution in [3.8, 4) is 11.1 Å². The van der Waals surface area contributed by atoms with Crippen molar-refractivity contribution in [2.75, 3.05) is 19.7 Å². The summed E-state index contributed by atoms with van der Waals surface area (Å²) >= 11 is 0. The van der Waals surface area contributed by atoms with Crippen molar-refractivity contribution in [2.24, 2.45) is 11.1 Å². The molecule has 0 saturated heterocycles. The van der Waals surface area contributed by atoms with Crippen LogP contribution in [0.25, 0.3) is 11.1 Å². The van der Waals surface area contributed by atoms with Crippen molar-refractivity contribution >= 4 is 29.8 Å². The van der Waals surface area contributed by atoms with Gasteiger partial charge in [0, 0.05) is 36.1 Å². The van der Waals surface area contributed by atoms with Crippen molar-refractivity contribution in [1.82, 2.24) is 20.1 Å². The molecular formula is C48H52F5N5O9. The van der Waals surface area contributed by atoms with Gasteiger partial charge < -0.3 is 45.5 Å². The molecule has 358 valence electrons. The quantitative estimate of drug-likeness (QED) is 0.0455. The monoisotopic (exact) mass is 937 g/mol. The normalized spacial score (nSPS) is 12.6. The van der Waals surface area contributed by atoms with E-state index >= 15 is 4.39 Å². The molecular weight excluding hydrogens is 886 g/mol. The number of carbonyl (C=O) groups is 5. The first kappa shape index (κ1) is 52.5. The summed E-state index contributed by atoms with van der Waals surface area (Å²) in [5, 5.41) is 22.4. The number of hydrogen-bond acceptors (Lipinski definition) is 9. The number of alkyl carbamates (subject to hydrolysis) is 1. The molecule has 0 aliphatic heterocycles. The Labute approximate surface area is 383 Å². The van der Waals surface area contributed by atoms with Crippen molar-refractivity contribution in [2.45, 2.75) is 71.3 Å². The van der Waals surface area contributed by atoms with Crippen LogP contribution in [0.4, 0.5) is 26.7 Å². The number of ether oxygens (including phenoxy) is 2. The van der Waals surface area contributed by atoms with Crippen molar-refractivity contribution < 1.29 is 65.6 Å². The Morgan fingerprint density at radius 2 is 1.33 bits per heavy atom. The van der Waals surface area contributed by atoms with E-state index < -0.39 is 77.8 Å². The SMILES string of the molecule is CC(C)(C)[C@H](c1cc(-c2cc(F)ccc2F)cn1Cc1ccccc1)N(CC[C@H](N)C(=O)N[C@H](CNC(=O)OCc1ccccc1)C(=O)OCc1ccccc1)C(=O)CO.O=C(O)C(F)(F)F. The van der Waals surface area contributed by atoms with Crippen molar-refractivity contribution in [3.05, 3.63) is 155 Å². The lowest BCUT2D eigenvalue weighted by molar-refractivity contribution is -0.192. The zero-order chi connectivity index (χ0) is 49.3. The fourth-order valence-electron chi connectivity index (χ4n) is 6.77. The smallest absolute Gasteiger partial charge is 0.475 e. The number of benzene rings is 4. The first-order chi connectivity index (χ1) is 31.7. The summed E-state index contributed by atoms with van der Waals surface area (Å²) in [5.74, 6) is -6.27. The molecule has 4 aromatic carbocycles. The summed E-state index contributed by atoms with van der Waals surface area (Å²) in [6.45, 7) is 4.53. The number of aliphatic hydroxyl groups excluding tert-OH is 1. The maximum absolute atomic E-state index is 15.2. The lowest BCUT2D eigenvalue weighted by Gasteiger charge is -2.41. The second-order valence-corrected chi connectivity index (χ2v) is 16.2. The van der Waals surface area contributed by atoms with Gasteiger partial charge >= 0.3 is 24.2 Å². The summed E-state index contributed by atoms with van der Waals surface area (Å²) in [6, 6.07) is 28.8. The number of aliphatic carboxylic acids is 1. The van der Waals surface area contributed by atoms with E-state index in [0.717, 1.165) is 29.3 Å². The number of aromatic nitrogens is 1. The number of nitrogens with two attached hydrogens (primary N) is 1. The zero-order valence-corrected chi connectivity index (χ0v) is 36.8. The molecule has 1 heterocycles. The second kappa shape index (κ2) is 24.4. The predicted octanol–water partition coefficient (Wildman–Crippen LogP) is 6.90. The molecule has 14 nitrogen and oxygen atoms in total. The molecule has 5 rings (SSSR count). The van der Waals surface area contributed by atoms with Crippen molar-refractivity contribution in [1.29, 1.82) is 0 Å². The first-order valence-corrected chi connectivity index (χ1v) is 20.8. The number of carboxylic acid groups (broad SMARTS) is 1. The van der Waals surface area contributed by atoms with Crippen LogP contribution in [0, 0.1) is 17.0 Å². The topological polar surface area (TPSA) is 203 Å². The lowest BCUT2D eigenvalue weighted by Crippen LogP contribution is -2.54. The number of amides is 3. The minimum atomic E-state index is -5.08. The Hall–Kier alpha value is -7.12. The van der Waals surface area contributed by atoms with Gasteiger partial charge in [-0.15, -0.1) is 0 Å². The van der Waals surface area contributed by atoms with Gasteiger partial charge in [0.2, 0.25) is 11.8 Å². The molecule has 3 amide bonds. The minimum absolute atomic E-state index is 0.0222. The first-order valence-electron chi connectivity index (χ1n) is 20.8. The molecule has 0 saturated carbocycles. The highest BCUT2D eigenvalue weighted by Gasteiger charge is 2.39. The molecule has 0 aliphatic carbocycles. The van der Waals surface area contributed by atoms with E-state index in [0.29, 0.717) is 23.4 Å². The third-order valence-electron chi connectivity index (χ3n) is 9.98. The third-order valence-corrected chi connectivity index (χ3v) is 9.98. The standard InChI is InChI=1S/C46H51F2N5O7.C2HF3O2/c1-46(2,3)42(40-23-34(36-24-35(47)19-20-37(36)48)27-52(40)26-31-13-7-4-8-14-31)53(41(55)28-54)22-21-38(49)43(56)51-39(44(57)59-29-32-15-9-5-10-16-32)25-50-45(58)60-30-33-17-11-6-12-18-33;3-2(4,5)1(6)7/h4-20,23-24,27,38-39,42,54H,21-22,25-26,28-30,49H2,1-3H3,(H,50,58)(H,51,56);(H,6,7)/t38-,39+,42-;/m0./s1. The van der Waals surface area contributed by atoms with Gasteiger partial charge in [-0.2, -0.15) is 13.2 Å². The summed E-state index contributed by atoms with van der Waals surface area (Å²) in [5.41, 5.74) is 9.04. The Bertz CT molecular complexity index is 2410. The predicted molar refractivity (Wildman–Crippen MR) is 235 cm³/mol. The molecule has 0 spiro atoms. The molecule has 67 heavy (non-hydrogen) atoms.